The average Bonchev–Trinajstić information content (AvgIpc) is 2.98. The molecule has 3 rings (SSSR count). The van der Waals surface area contributed by atoms with Crippen molar-refractivity contribution < 1.29 is 4.79 Å². The Balaban J connectivity index is 1.70. The molecule has 1 aliphatic heterocycles. The lowest BCUT2D eigenvalue weighted by atomic mass is 10.2. The second-order valence-electron chi connectivity index (χ2n) is 5.43. The molecule has 5 nitrogen and oxygen atoms in total. The van der Waals surface area contributed by atoms with Gasteiger partial charge in [0.15, 0.2) is 0 Å². The molecule has 2 atom stereocenters. The summed E-state index contributed by atoms with van der Waals surface area (Å²) in [5.74, 6) is 2.70. The van der Waals surface area contributed by atoms with Crippen LogP contribution in [0.4, 0.5) is 5.82 Å². The Morgan fingerprint density at radius 3 is 2.84 bits per heavy atom. The minimum atomic E-state index is -0.172. The number of carbonyl (C=O) groups is 1. The fourth-order valence-corrected chi connectivity index (χ4v) is 2.65. The molecule has 1 aromatic rings. The van der Waals surface area contributed by atoms with E-state index in [-0.39, 0.29) is 5.91 Å². The van der Waals surface area contributed by atoms with Gasteiger partial charge in [0.2, 0.25) is 5.91 Å². The van der Waals surface area contributed by atoms with E-state index in [1.54, 1.807) is 6.21 Å². The summed E-state index contributed by atoms with van der Waals surface area (Å²) >= 11 is 0. The van der Waals surface area contributed by atoms with Crippen LogP contribution in [0.3, 0.4) is 0 Å². The highest BCUT2D eigenvalue weighted by Crippen LogP contribution is 2.45. The van der Waals surface area contributed by atoms with E-state index in [0.29, 0.717) is 0 Å². The topological polar surface area (TPSA) is 57.6 Å². The first-order chi connectivity index (χ1) is 9.13. The number of carbonyl (C=O) groups excluding carboxylic acids is 1. The molecule has 2 heterocycles. The standard InChI is InChI=1S/C14H18N4O/c1-9-11(6-15-17-10(2)19)3-4-14(16-9)18-7-12-5-13(12)8-18/h3-4,6,12-13H,5,7-8H2,1-2H3,(H,17,19)/b15-6+. The lowest BCUT2D eigenvalue weighted by molar-refractivity contribution is -0.118. The van der Waals surface area contributed by atoms with Gasteiger partial charge in [0.1, 0.15) is 5.82 Å². The number of hydrogen-bond acceptors (Lipinski definition) is 4. The lowest BCUT2D eigenvalue weighted by Gasteiger charge is -2.19. The summed E-state index contributed by atoms with van der Waals surface area (Å²) in [6.07, 6.45) is 3.03. The number of amides is 1. The minimum absolute atomic E-state index is 0.172. The largest absolute Gasteiger partial charge is 0.356 e. The Morgan fingerprint density at radius 1 is 1.47 bits per heavy atom. The zero-order chi connectivity index (χ0) is 13.4. The van der Waals surface area contributed by atoms with Gasteiger partial charge in [-0.2, -0.15) is 5.10 Å². The van der Waals surface area contributed by atoms with Crippen LogP contribution < -0.4 is 10.3 Å². The zero-order valence-electron chi connectivity index (χ0n) is 11.3. The Bertz CT molecular complexity index is 530. The number of fused-ring (bicyclic) bond motifs is 1. The maximum atomic E-state index is 10.7. The van der Waals surface area contributed by atoms with Crippen molar-refractivity contribution in [1.82, 2.24) is 10.4 Å². The normalized spacial score (nSPS) is 24.6. The first-order valence-corrected chi connectivity index (χ1v) is 6.65. The number of hydrogen-bond donors (Lipinski definition) is 1. The van der Waals surface area contributed by atoms with E-state index in [1.807, 2.05) is 19.1 Å². The van der Waals surface area contributed by atoms with Gasteiger partial charge in [-0.05, 0) is 37.3 Å². The molecular formula is C14H18N4O. The maximum Gasteiger partial charge on any atom is 0.236 e. The van der Waals surface area contributed by atoms with E-state index < -0.39 is 0 Å². The summed E-state index contributed by atoms with van der Waals surface area (Å²) in [6, 6.07) is 4.04. The molecule has 0 aromatic carbocycles. The summed E-state index contributed by atoms with van der Waals surface area (Å²) < 4.78 is 0. The Labute approximate surface area is 112 Å². The van der Waals surface area contributed by atoms with Gasteiger partial charge >= 0.3 is 0 Å². The van der Waals surface area contributed by atoms with Crippen LogP contribution in [-0.2, 0) is 4.79 Å². The minimum Gasteiger partial charge on any atom is -0.356 e. The van der Waals surface area contributed by atoms with Crippen LogP contribution in [0.5, 0.6) is 0 Å². The molecule has 100 valence electrons. The van der Waals surface area contributed by atoms with Crippen molar-refractivity contribution in [2.45, 2.75) is 20.3 Å². The molecule has 1 saturated heterocycles. The second-order valence-corrected chi connectivity index (χ2v) is 5.43. The van der Waals surface area contributed by atoms with E-state index in [0.717, 1.165) is 42.0 Å². The molecule has 1 N–H and O–H groups in total. The van der Waals surface area contributed by atoms with Crippen molar-refractivity contribution in [3.8, 4) is 0 Å². The SMILES string of the molecule is CC(=O)N/N=C/c1ccc(N2CC3CC3C2)nc1C. The fraction of sp³-hybridized carbons (Fsp3) is 0.500. The van der Waals surface area contributed by atoms with Gasteiger partial charge in [0, 0.05) is 31.3 Å². The first kappa shape index (κ1) is 12.1. The monoisotopic (exact) mass is 258 g/mol. The first-order valence-electron chi connectivity index (χ1n) is 6.65. The molecule has 0 spiro atoms. The van der Waals surface area contributed by atoms with E-state index in [4.69, 9.17) is 0 Å². The number of nitrogens with zero attached hydrogens (tertiary/aromatic N) is 3. The van der Waals surface area contributed by atoms with E-state index >= 15 is 0 Å². The maximum absolute atomic E-state index is 10.7. The molecule has 1 aliphatic carbocycles. The van der Waals surface area contributed by atoms with E-state index in [9.17, 15) is 4.79 Å². The van der Waals surface area contributed by atoms with Gasteiger partial charge in [-0.25, -0.2) is 10.4 Å². The highest BCUT2D eigenvalue weighted by molar-refractivity contribution is 5.83. The van der Waals surface area contributed by atoms with Crippen LogP contribution >= 0.6 is 0 Å². The Morgan fingerprint density at radius 2 is 2.21 bits per heavy atom. The molecule has 1 amide bonds. The molecule has 2 aliphatic rings. The van der Waals surface area contributed by atoms with Crippen LogP contribution in [0.1, 0.15) is 24.6 Å². The quantitative estimate of drug-likeness (QED) is 0.657. The molecule has 2 unspecified atom stereocenters. The number of nitrogens with one attached hydrogen (secondary N) is 1. The number of anilines is 1. The zero-order valence-corrected chi connectivity index (χ0v) is 11.3. The summed E-state index contributed by atoms with van der Waals surface area (Å²) in [4.78, 5) is 17.7. The van der Waals surface area contributed by atoms with Crippen LogP contribution in [0.2, 0.25) is 0 Å². The third kappa shape index (κ3) is 2.59. The smallest absolute Gasteiger partial charge is 0.236 e. The van der Waals surface area contributed by atoms with Gasteiger partial charge in [0.25, 0.3) is 0 Å². The van der Waals surface area contributed by atoms with E-state index in [2.05, 4.69) is 20.4 Å². The second kappa shape index (κ2) is 4.64. The third-order valence-electron chi connectivity index (χ3n) is 3.84. The number of piperidine rings is 1. The highest BCUT2D eigenvalue weighted by atomic mass is 16.2. The van der Waals surface area contributed by atoms with Gasteiger partial charge in [0.05, 0.1) is 6.21 Å². The highest BCUT2D eigenvalue weighted by Gasteiger charge is 2.45. The molecule has 2 fully saturated rings. The van der Waals surface area contributed by atoms with Crippen molar-refractivity contribution in [3.05, 3.63) is 23.4 Å². The summed E-state index contributed by atoms with van der Waals surface area (Å²) in [6.45, 7) is 5.70. The van der Waals surface area contributed by atoms with Crippen LogP contribution in [-0.4, -0.2) is 30.2 Å². The summed E-state index contributed by atoms with van der Waals surface area (Å²) in [7, 11) is 0. The fourth-order valence-electron chi connectivity index (χ4n) is 2.65. The molecule has 19 heavy (non-hydrogen) atoms. The van der Waals surface area contributed by atoms with Crippen LogP contribution in [0.25, 0.3) is 0 Å². The van der Waals surface area contributed by atoms with Crippen molar-refractivity contribution in [1.29, 1.82) is 0 Å². The van der Waals surface area contributed by atoms with Gasteiger partial charge in [-0.15, -0.1) is 0 Å². The van der Waals surface area contributed by atoms with Crippen LogP contribution in [0, 0.1) is 18.8 Å². The lowest BCUT2D eigenvalue weighted by Crippen LogP contribution is -2.23. The average molecular weight is 258 g/mol. The number of pyridine rings is 1. The molecule has 0 bridgehead atoms. The van der Waals surface area contributed by atoms with Crippen molar-refractivity contribution in [2.75, 3.05) is 18.0 Å². The number of aryl methyl sites for hydroxylation is 1. The van der Waals surface area contributed by atoms with Crippen LogP contribution in [0.15, 0.2) is 17.2 Å². The summed E-state index contributed by atoms with van der Waals surface area (Å²) in [5, 5.41) is 3.87. The van der Waals surface area contributed by atoms with Gasteiger partial charge in [-0.1, -0.05) is 0 Å². The molecule has 0 radical (unpaired) electrons. The van der Waals surface area contributed by atoms with Gasteiger partial charge < -0.3 is 4.90 Å². The Hall–Kier alpha value is -1.91. The van der Waals surface area contributed by atoms with Crippen molar-refractivity contribution in [3.63, 3.8) is 0 Å². The predicted molar refractivity (Wildman–Crippen MR) is 74.2 cm³/mol. The molecular weight excluding hydrogens is 240 g/mol. The summed E-state index contributed by atoms with van der Waals surface area (Å²) in [5.41, 5.74) is 4.26. The Kier molecular flexibility index (Phi) is 2.97. The number of rotatable bonds is 3. The molecule has 1 saturated carbocycles. The predicted octanol–water partition coefficient (Wildman–Crippen LogP) is 1.32. The number of hydrazone groups is 1. The van der Waals surface area contributed by atoms with E-state index in [1.165, 1.54) is 13.3 Å². The third-order valence-corrected chi connectivity index (χ3v) is 3.84. The molecule has 5 heteroatoms. The number of aromatic nitrogens is 1. The van der Waals surface area contributed by atoms with Gasteiger partial charge in [-0.3, -0.25) is 4.79 Å². The van der Waals surface area contributed by atoms with Crippen molar-refractivity contribution in [2.24, 2.45) is 16.9 Å². The molecule has 1 aromatic heterocycles. The van der Waals surface area contributed by atoms with Crippen molar-refractivity contribution >= 4 is 17.9 Å².